The van der Waals surface area contributed by atoms with Crippen molar-refractivity contribution in [3.05, 3.63) is 34.9 Å². The summed E-state index contributed by atoms with van der Waals surface area (Å²) in [7, 11) is 1.53. The summed E-state index contributed by atoms with van der Waals surface area (Å²) in [5.74, 6) is 0.175. The molecule has 2 atom stereocenters. The van der Waals surface area contributed by atoms with Crippen molar-refractivity contribution in [3.8, 4) is 0 Å². The van der Waals surface area contributed by atoms with Gasteiger partial charge in [0.05, 0.1) is 6.42 Å². The van der Waals surface area contributed by atoms with Gasteiger partial charge in [0.25, 0.3) is 5.91 Å². The number of hydrogen-bond acceptors (Lipinski definition) is 3. The third-order valence-electron chi connectivity index (χ3n) is 4.17. The van der Waals surface area contributed by atoms with Crippen molar-refractivity contribution in [1.29, 1.82) is 0 Å². The van der Waals surface area contributed by atoms with Gasteiger partial charge in [-0.1, -0.05) is 32.4 Å². The molecule has 1 heterocycles. The van der Waals surface area contributed by atoms with Crippen LogP contribution < -0.4 is 5.73 Å². The highest BCUT2D eigenvalue weighted by molar-refractivity contribution is 6.09. The Morgan fingerprint density at radius 3 is 2.70 bits per heavy atom. The molecule has 1 aliphatic heterocycles. The maximum absolute atomic E-state index is 12.1. The number of carbonyl (C=O) groups is 2. The van der Waals surface area contributed by atoms with Crippen molar-refractivity contribution in [3.63, 3.8) is 0 Å². The Bertz CT molecular complexity index is 539. The Morgan fingerprint density at radius 2 is 2.05 bits per heavy atom. The molecule has 0 saturated heterocycles. The minimum absolute atomic E-state index is 0.0639. The van der Waals surface area contributed by atoms with Gasteiger partial charge in [-0.25, -0.2) is 0 Å². The van der Waals surface area contributed by atoms with Crippen LogP contribution in [0, 0.1) is 5.92 Å². The molecular weight excluding hydrogens is 252 g/mol. The lowest BCUT2D eigenvalue weighted by atomic mass is 9.90. The molecular formula is C16H22N2O2. The van der Waals surface area contributed by atoms with Gasteiger partial charge < -0.3 is 5.73 Å². The number of carbonyl (C=O) groups excluding carboxylic acids is 2. The molecule has 0 radical (unpaired) electrons. The third kappa shape index (κ3) is 2.75. The Hall–Kier alpha value is -1.68. The highest BCUT2D eigenvalue weighted by Crippen LogP contribution is 2.26. The van der Waals surface area contributed by atoms with Crippen molar-refractivity contribution < 1.29 is 9.59 Å². The molecule has 1 aromatic rings. The predicted molar refractivity (Wildman–Crippen MR) is 78.2 cm³/mol. The maximum Gasteiger partial charge on any atom is 0.260 e. The largest absolute Gasteiger partial charge is 0.324 e. The van der Waals surface area contributed by atoms with Crippen LogP contribution in [0.3, 0.4) is 0 Å². The lowest BCUT2D eigenvalue weighted by Crippen LogP contribution is -2.39. The van der Waals surface area contributed by atoms with Crippen LogP contribution in [0.5, 0.6) is 0 Å². The molecule has 20 heavy (non-hydrogen) atoms. The van der Waals surface area contributed by atoms with Gasteiger partial charge in [-0.15, -0.1) is 0 Å². The van der Waals surface area contributed by atoms with E-state index in [1.807, 2.05) is 18.2 Å². The molecule has 2 amide bonds. The number of benzene rings is 1. The first-order valence-corrected chi connectivity index (χ1v) is 7.13. The van der Waals surface area contributed by atoms with Gasteiger partial charge in [0.2, 0.25) is 5.91 Å². The Balaban J connectivity index is 2.28. The van der Waals surface area contributed by atoms with E-state index in [1.54, 1.807) is 0 Å². The summed E-state index contributed by atoms with van der Waals surface area (Å²) in [6.45, 7) is 4.32. The van der Waals surface area contributed by atoms with E-state index in [2.05, 4.69) is 13.8 Å². The van der Waals surface area contributed by atoms with E-state index in [1.165, 1.54) is 11.9 Å². The van der Waals surface area contributed by atoms with Crippen LogP contribution in [0.2, 0.25) is 0 Å². The van der Waals surface area contributed by atoms with Crippen LogP contribution in [-0.2, 0) is 11.2 Å². The number of nitrogens with two attached hydrogens (primary N) is 1. The fourth-order valence-corrected chi connectivity index (χ4v) is 2.49. The summed E-state index contributed by atoms with van der Waals surface area (Å²) < 4.78 is 0. The zero-order chi connectivity index (χ0) is 14.9. The lowest BCUT2D eigenvalue weighted by molar-refractivity contribution is -0.127. The van der Waals surface area contributed by atoms with Crippen molar-refractivity contribution >= 4 is 11.8 Å². The van der Waals surface area contributed by atoms with Gasteiger partial charge in [0.15, 0.2) is 0 Å². The van der Waals surface area contributed by atoms with Gasteiger partial charge in [0, 0.05) is 18.7 Å². The first kappa shape index (κ1) is 14.7. The SMILES string of the molecule is CCC(C)CC(N)c1ccc2c(c1)C(=O)N(C)C(=O)C2. The average molecular weight is 274 g/mol. The molecule has 0 aromatic heterocycles. The number of rotatable bonds is 4. The molecule has 0 saturated carbocycles. The van der Waals surface area contributed by atoms with Gasteiger partial charge in [-0.05, 0) is 29.5 Å². The molecule has 4 nitrogen and oxygen atoms in total. The predicted octanol–water partition coefficient (Wildman–Crippen LogP) is 2.28. The highest BCUT2D eigenvalue weighted by Gasteiger charge is 2.28. The lowest BCUT2D eigenvalue weighted by Gasteiger charge is -2.24. The van der Waals surface area contributed by atoms with Crippen LogP contribution in [0.1, 0.15) is 54.2 Å². The number of fused-ring (bicyclic) bond motifs is 1. The van der Waals surface area contributed by atoms with E-state index in [0.717, 1.165) is 24.0 Å². The fraction of sp³-hybridized carbons (Fsp3) is 0.500. The van der Waals surface area contributed by atoms with E-state index in [0.29, 0.717) is 17.9 Å². The second-order valence-corrected chi connectivity index (χ2v) is 5.71. The van der Waals surface area contributed by atoms with Crippen LogP contribution in [-0.4, -0.2) is 23.8 Å². The van der Waals surface area contributed by atoms with Gasteiger partial charge >= 0.3 is 0 Å². The summed E-state index contributed by atoms with van der Waals surface area (Å²) in [6, 6.07) is 5.60. The second-order valence-electron chi connectivity index (χ2n) is 5.71. The van der Waals surface area contributed by atoms with Gasteiger partial charge in [-0.3, -0.25) is 14.5 Å². The van der Waals surface area contributed by atoms with Crippen molar-refractivity contribution in [1.82, 2.24) is 4.90 Å². The van der Waals surface area contributed by atoms with Crippen LogP contribution in [0.15, 0.2) is 18.2 Å². The molecule has 0 fully saturated rings. The smallest absolute Gasteiger partial charge is 0.260 e. The van der Waals surface area contributed by atoms with Crippen LogP contribution in [0.25, 0.3) is 0 Å². The maximum atomic E-state index is 12.1. The van der Waals surface area contributed by atoms with E-state index < -0.39 is 0 Å². The molecule has 0 bridgehead atoms. The van der Waals surface area contributed by atoms with Crippen LogP contribution in [0.4, 0.5) is 0 Å². The summed E-state index contributed by atoms with van der Waals surface area (Å²) in [5, 5.41) is 0. The Morgan fingerprint density at radius 1 is 1.35 bits per heavy atom. The quantitative estimate of drug-likeness (QED) is 0.857. The minimum Gasteiger partial charge on any atom is -0.324 e. The fourth-order valence-electron chi connectivity index (χ4n) is 2.49. The number of imide groups is 1. The zero-order valence-corrected chi connectivity index (χ0v) is 12.3. The summed E-state index contributed by atoms with van der Waals surface area (Å²) >= 11 is 0. The number of nitrogens with zero attached hydrogens (tertiary/aromatic N) is 1. The van der Waals surface area contributed by atoms with E-state index >= 15 is 0 Å². The molecule has 2 unspecified atom stereocenters. The molecule has 0 aliphatic carbocycles. The summed E-state index contributed by atoms with van der Waals surface area (Å²) in [5.41, 5.74) is 8.61. The normalized spacial score (nSPS) is 17.9. The van der Waals surface area contributed by atoms with Crippen LogP contribution >= 0.6 is 0 Å². The minimum atomic E-state index is -0.228. The molecule has 4 heteroatoms. The average Bonchev–Trinajstić information content (AvgIpc) is 2.44. The van der Waals surface area contributed by atoms with E-state index in [4.69, 9.17) is 5.73 Å². The topological polar surface area (TPSA) is 63.4 Å². The van der Waals surface area contributed by atoms with Gasteiger partial charge in [-0.2, -0.15) is 0 Å². The molecule has 0 spiro atoms. The molecule has 2 N–H and O–H groups in total. The molecule has 2 rings (SSSR count). The van der Waals surface area contributed by atoms with Crippen molar-refractivity contribution in [2.75, 3.05) is 7.05 Å². The second kappa shape index (κ2) is 5.75. The first-order valence-electron chi connectivity index (χ1n) is 7.13. The molecule has 108 valence electrons. The standard InChI is InChI=1S/C16H22N2O2/c1-4-10(2)7-14(17)12-6-5-11-9-15(19)18(3)16(20)13(11)8-12/h5-6,8,10,14H,4,7,9,17H2,1-3H3. The van der Waals surface area contributed by atoms with Gasteiger partial charge in [0.1, 0.15) is 0 Å². The number of hydrogen-bond donors (Lipinski definition) is 1. The highest BCUT2D eigenvalue weighted by atomic mass is 16.2. The third-order valence-corrected chi connectivity index (χ3v) is 4.17. The number of likely N-dealkylation sites (N-methyl/N-ethyl adjacent to an activating group) is 1. The Labute approximate surface area is 119 Å². The molecule has 1 aliphatic rings. The van der Waals surface area contributed by atoms with E-state index in [-0.39, 0.29) is 17.9 Å². The van der Waals surface area contributed by atoms with Crippen molar-refractivity contribution in [2.45, 2.75) is 39.2 Å². The molecule has 1 aromatic carbocycles. The summed E-state index contributed by atoms with van der Waals surface area (Å²) in [4.78, 5) is 25.0. The number of amides is 2. The summed E-state index contributed by atoms with van der Waals surface area (Å²) in [6.07, 6.45) is 2.28. The monoisotopic (exact) mass is 274 g/mol. The zero-order valence-electron chi connectivity index (χ0n) is 12.3. The Kier molecular flexibility index (Phi) is 4.23. The van der Waals surface area contributed by atoms with Crippen molar-refractivity contribution in [2.24, 2.45) is 11.7 Å². The van der Waals surface area contributed by atoms with E-state index in [9.17, 15) is 9.59 Å². The first-order chi connectivity index (χ1) is 9.43.